The van der Waals surface area contributed by atoms with Gasteiger partial charge < -0.3 is 26.0 Å². The number of anilines is 2. The van der Waals surface area contributed by atoms with E-state index in [9.17, 15) is 19.0 Å². The molecule has 8 nitrogen and oxygen atoms in total. The van der Waals surface area contributed by atoms with Crippen molar-refractivity contribution in [3.8, 4) is 10.6 Å². The molecule has 0 radical (unpaired) electrons. The topological polar surface area (TPSA) is 118 Å². The molecule has 0 amide bonds. The first-order valence-electron chi connectivity index (χ1n) is 10.3. The number of hydrogen-bond acceptors (Lipinski definition) is 8. The maximum Gasteiger partial charge on any atom is 0.171 e. The van der Waals surface area contributed by atoms with Gasteiger partial charge in [-0.25, -0.2) is 13.8 Å². The molecule has 4 unspecified atom stereocenters. The smallest absolute Gasteiger partial charge is 0.171 e. The quantitative estimate of drug-likeness (QED) is 0.430. The lowest BCUT2D eigenvalue weighted by Gasteiger charge is -2.36. The molecular formula is C21H23F2N5O3S. The average Bonchev–Trinajstić information content (AvgIpc) is 3.42. The van der Waals surface area contributed by atoms with E-state index >= 15 is 0 Å². The van der Waals surface area contributed by atoms with E-state index in [1.54, 1.807) is 17.9 Å². The van der Waals surface area contributed by atoms with Gasteiger partial charge in [0.1, 0.15) is 32.9 Å². The lowest BCUT2D eigenvalue weighted by molar-refractivity contribution is -0.137. The molecule has 5 N–H and O–H groups in total. The van der Waals surface area contributed by atoms with Crippen LogP contribution in [0.25, 0.3) is 10.6 Å². The number of halogens is 2. The van der Waals surface area contributed by atoms with Crippen LogP contribution in [0.5, 0.6) is 0 Å². The number of rotatable bonds is 5. The van der Waals surface area contributed by atoms with Gasteiger partial charge in [0, 0.05) is 7.05 Å². The second-order valence-corrected chi connectivity index (χ2v) is 9.27. The SMILES string of the molecule is Cn1ncc(NC(O)c2nc(-c3c(F)cccc3F)sc2N)c1C12CCC(O)C(CC1)O2. The zero-order valence-electron chi connectivity index (χ0n) is 17.3. The van der Waals surface area contributed by atoms with Crippen LogP contribution in [0.2, 0.25) is 0 Å². The van der Waals surface area contributed by atoms with Crippen LogP contribution in [-0.2, 0) is 17.4 Å². The molecule has 170 valence electrons. The van der Waals surface area contributed by atoms with Crippen LogP contribution < -0.4 is 11.1 Å². The summed E-state index contributed by atoms with van der Waals surface area (Å²) in [5.74, 6) is -1.51. The summed E-state index contributed by atoms with van der Waals surface area (Å²) in [6.45, 7) is 0. The van der Waals surface area contributed by atoms with Crippen molar-refractivity contribution >= 4 is 22.0 Å². The van der Waals surface area contributed by atoms with E-state index in [2.05, 4.69) is 15.4 Å². The van der Waals surface area contributed by atoms with Crippen molar-refractivity contribution in [3.63, 3.8) is 0 Å². The second kappa shape index (κ2) is 7.77. The summed E-state index contributed by atoms with van der Waals surface area (Å²) in [7, 11) is 1.79. The predicted molar refractivity (Wildman–Crippen MR) is 115 cm³/mol. The summed E-state index contributed by atoms with van der Waals surface area (Å²) in [5.41, 5.74) is 6.53. The maximum atomic E-state index is 14.2. The molecule has 2 fully saturated rings. The number of nitrogens with one attached hydrogen (secondary N) is 1. The molecule has 2 bridgehead atoms. The van der Waals surface area contributed by atoms with Crippen LogP contribution in [0.1, 0.15) is 43.3 Å². The third-order valence-corrected chi connectivity index (χ3v) is 7.18. The van der Waals surface area contributed by atoms with Crippen molar-refractivity contribution in [1.29, 1.82) is 0 Å². The number of aliphatic hydroxyl groups is 2. The second-order valence-electron chi connectivity index (χ2n) is 8.24. The highest BCUT2D eigenvalue weighted by Crippen LogP contribution is 2.50. The van der Waals surface area contributed by atoms with Crippen LogP contribution in [-0.4, -0.2) is 37.2 Å². The van der Waals surface area contributed by atoms with E-state index in [0.29, 0.717) is 18.5 Å². The zero-order chi connectivity index (χ0) is 22.6. The molecule has 5 rings (SSSR count). The maximum absolute atomic E-state index is 14.2. The van der Waals surface area contributed by atoms with E-state index in [-0.39, 0.29) is 27.4 Å². The third kappa shape index (κ3) is 3.36. The summed E-state index contributed by atoms with van der Waals surface area (Å²) in [5, 5.41) is 28.5. The summed E-state index contributed by atoms with van der Waals surface area (Å²) < 4.78 is 36.2. The Kier molecular flexibility index (Phi) is 5.16. The molecule has 3 aromatic rings. The molecule has 32 heavy (non-hydrogen) atoms. The van der Waals surface area contributed by atoms with E-state index in [1.165, 1.54) is 6.07 Å². The molecule has 2 saturated heterocycles. The summed E-state index contributed by atoms with van der Waals surface area (Å²) in [6, 6.07) is 3.55. The van der Waals surface area contributed by atoms with Gasteiger partial charge in [0.15, 0.2) is 6.23 Å². The van der Waals surface area contributed by atoms with Crippen molar-refractivity contribution in [2.75, 3.05) is 11.1 Å². The van der Waals surface area contributed by atoms with Crippen molar-refractivity contribution in [1.82, 2.24) is 14.8 Å². The van der Waals surface area contributed by atoms with Gasteiger partial charge in [-0.15, -0.1) is 0 Å². The van der Waals surface area contributed by atoms with Crippen molar-refractivity contribution < 1.29 is 23.7 Å². The minimum Gasteiger partial charge on any atom is -0.390 e. The van der Waals surface area contributed by atoms with Gasteiger partial charge in [0.2, 0.25) is 0 Å². The lowest BCUT2D eigenvalue weighted by atomic mass is 9.89. The predicted octanol–water partition coefficient (Wildman–Crippen LogP) is 3.04. The van der Waals surface area contributed by atoms with E-state index in [4.69, 9.17) is 10.5 Å². The number of hydrogen-bond donors (Lipinski definition) is 4. The minimum absolute atomic E-state index is 0.0437. The van der Waals surface area contributed by atoms with Gasteiger partial charge in [0.25, 0.3) is 0 Å². The molecule has 4 heterocycles. The molecule has 4 atom stereocenters. The first-order valence-corrected chi connectivity index (χ1v) is 11.1. The van der Waals surface area contributed by atoms with Gasteiger partial charge in [-0.3, -0.25) is 4.68 Å². The van der Waals surface area contributed by atoms with Crippen LogP contribution >= 0.6 is 11.3 Å². The van der Waals surface area contributed by atoms with Crippen LogP contribution in [0.15, 0.2) is 24.4 Å². The van der Waals surface area contributed by atoms with Crippen molar-refractivity contribution in [3.05, 3.63) is 47.4 Å². The largest absolute Gasteiger partial charge is 0.390 e. The fourth-order valence-electron chi connectivity index (χ4n) is 4.75. The number of thiazole rings is 1. The number of nitrogen functional groups attached to an aromatic ring is 1. The van der Waals surface area contributed by atoms with Crippen LogP contribution in [0.3, 0.4) is 0 Å². The van der Waals surface area contributed by atoms with Crippen LogP contribution in [0.4, 0.5) is 19.5 Å². The number of aromatic nitrogens is 3. The number of fused-ring (bicyclic) bond motifs is 2. The Morgan fingerprint density at radius 3 is 2.78 bits per heavy atom. The Balaban J connectivity index is 1.44. The molecule has 1 aromatic carbocycles. The normalized spacial score (nSPS) is 25.8. The van der Waals surface area contributed by atoms with Gasteiger partial charge in [-0.2, -0.15) is 5.10 Å². The highest BCUT2D eigenvalue weighted by atomic mass is 32.1. The van der Waals surface area contributed by atoms with Gasteiger partial charge >= 0.3 is 0 Å². The van der Waals surface area contributed by atoms with E-state index in [0.717, 1.165) is 42.0 Å². The number of nitrogens with two attached hydrogens (primary N) is 1. The lowest BCUT2D eigenvalue weighted by Crippen LogP contribution is -2.39. The highest BCUT2D eigenvalue weighted by molar-refractivity contribution is 7.18. The fraction of sp³-hybridized carbons (Fsp3) is 0.429. The number of benzene rings is 1. The number of aryl methyl sites for hydroxylation is 1. The van der Waals surface area contributed by atoms with Crippen LogP contribution in [0, 0.1) is 11.6 Å². The van der Waals surface area contributed by atoms with Gasteiger partial charge in [-0.05, 0) is 37.8 Å². The Morgan fingerprint density at radius 2 is 2.03 bits per heavy atom. The molecule has 2 aliphatic heterocycles. The molecule has 0 aliphatic carbocycles. The summed E-state index contributed by atoms with van der Waals surface area (Å²) >= 11 is 0.896. The number of aliphatic hydroxyl groups excluding tert-OH is 2. The number of nitrogens with zero attached hydrogens (tertiary/aromatic N) is 3. The first kappa shape index (κ1) is 21.3. The Hall–Kier alpha value is -2.60. The van der Waals surface area contributed by atoms with Gasteiger partial charge in [0.05, 0.1) is 35.3 Å². The first-order chi connectivity index (χ1) is 15.3. The average molecular weight is 464 g/mol. The molecular weight excluding hydrogens is 440 g/mol. The third-order valence-electron chi connectivity index (χ3n) is 6.26. The van der Waals surface area contributed by atoms with Gasteiger partial charge in [-0.1, -0.05) is 17.4 Å². The molecule has 2 aromatic heterocycles. The molecule has 0 spiro atoms. The van der Waals surface area contributed by atoms with E-state index < -0.39 is 29.6 Å². The monoisotopic (exact) mass is 463 g/mol. The molecule has 11 heteroatoms. The highest BCUT2D eigenvalue weighted by Gasteiger charge is 2.50. The van der Waals surface area contributed by atoms with E-state index in [1.807, 2.05) is 0 Å². The zero-order valence-corrected chi connectivity index (χ0v) is 18.1. The van der Waals surface area contributed by atoms with Crippen molar-refractivity contribution in [2.24, 2.45) is 7.05 Å². The molecule has 0 saturated carbocycles. The Bertz CT molecular complexity index is 1150. The minimum atomic E-state index is -1.33. The Labute approximate surface area is 186 Å². The number of ether oxygens (including phenoxy) is 1. The summed E-state index contributed by atoms with van der Waals surface area (Å²) in [4.78, 5) is 4.21. The summed E-state index contributed by atoms with van der Waals surface area (Å²) in [6.07, 6.45) is 2.27. The Morgan fingerprint density at radius 1 is 1.31 bits per heavy atom. The standard InChI is InChI=1S/C21H23F2N5O3S/c1-28-17(21-7-5-13(29)14(31-21)6-8-21)12(9-25-28)26-19(30)16-18(24)32-20(27-16)15-10(22)3-2-4-11(15)23/h2-4,9,13-14,19,26,29-30H,5-8,24H2,1H3. The fourth-order valence-corrected chi connectivity index (χ4v) is 5.66. The van der Waals surface area contributed by atoms with Crippen molar-refractivity contribution in [2.45, 2.75) is 49.7 Å². The molecule has 2 aliphatic rings.